The number of ether oxygens (including phenoxy) is 2. The Morgan fingerprint density at radius 3 is 2.23 bits per heavy atom. The van der Waals surface area contributed by atoms with Gasteiger partial charge in [-0.3, -0.25) is 14.4 Å². The molecule has 1 saturated carbocycles. The fraction of sp³-hybridized carbons (Fsp3) is 0.526. The number of benzene rings is 1. The molecule has 1 N–H and O–H groups in total. The maximum absolute atomic E-state index is 12.7. The van der Waals surface area contributed by atoms with E-state index in [0.29, 0.717) is 10.6 Å². The van der Waals surface area contributed by atoms with Gasteiger partial charge in [-0.15, -0.1) is 0 Å². The van der Waals surface area contributed by atoms with Gasteiger partial charge in [-0.1, -0.05) is 23.7 Å². The number of hydrogen-bond acceptors (Lipinski definition) is 6. The van der Waals surface area contributed by atoms with Crippen LogP contribution >= 0.6 is 11.6 Å². The Balaban J connectivity index is 2.59. The van der Waals surface area contributed by atoms with Crippen LogP contribution in [0.5, 0.6) is 0 Å². The van der Waals surface area contributed by atoms with Crippen LogP contribution in [0.2, 0.25) is 5.02 Å². The van der Waals surface area contributed by atoms with Crippen molar-refractivity contribution in [3.63, 3.8) is 0 Å². The average Bonchev–Trinajstić information content (AvgIpc) is 2.54. The second kappa shape index (κ2) is 8.18. The van der Waals surface area contributed by atoms with Crippen LogP contribution in [0, 0.1) is 11.8 Å². The lowest BCUT2D eigenvalue weighted by molar-refractivity contribution is -0.172. The highest BCUT2D eigenvalue weighted by molar-refractivity contribution is 6.30. The molecule has 0 radical (unpaired) electrons. The van der Waals surface area contributed by atoms with E-state index < -0.39 is 41.1 Å². The second-order valence-electron chi connectivity index (χ2n) is 6.54. The molecule has 6 nitrogen and oxygen atoms in total. The first kappa shape index (κ1) is 20.4. The fourth-order valence-electron chi connectivity index (χ4n) is 3.56. The normalized spacial score (nSPS) is 28.5. The van der Waals surface area contributed by atoms with Crippen molar-refractivity contribution >= 4 is 29.3 Å². The molecule has 0 aromatic heterocycles. The number of hydrogen-bond donors (Lipinski definition) is 1. The lowest BCUT2D eigenvalue weighted by Crippen LogP contribution is -2.55. The number of Topliss-reactive ketones (excluding diaryl/α,β-unsaturated/α-hetero) is 1. The predicted molar refractivity (Wildman–Crippen MR) is 94.7 cm³/mol. The SMILES string of the molecule is CCOC(=O)[C@@H]1C(=O)C[C@](C)(O)[C@H](C(=O)OCC)[C@@H]1c1ccc(Cl)cc1. The number of ketones is 1. The van der Waals surface area contributed by atoms with E-state index in [4.69, 9.17) is 21.1 Å². The fourth-order valence-corrected chi connectivity index (χ4v) is 3.69. The number of carbonyl (C=O) groups is 3. The minimum Gasteiger partial charge on any atom is -0.466 e. The van der Waals surface area contributed by atoms with Gasteiger partial charge in [0.15, 0.2) is 5.78 Å². The molecule has 0 aliphatic heterocycles. The monoisotopic (exact) mass is 382 g/mol. The zero-order valence-electron chi connectivity index (χ0n) is 15.0. The van der Waals surface area contributed by atoms with E-state index in [1.165, 1.54) is 6.92 Å². The molecular weight excluding hydrogens is 360 g/mol. The van der Waals surface area contributed by atoms with Gasteiger partial charge in [-0.05, 0) is 38.5 Å². The first-order valence-corrected chi connectivity index (χ1v) is 8.94. The van der Waals surface area contributed by atoms with Crippen LogP contribution in [0.25, 0.3) is 0 Å². The lowest BCUT2D eigenvalue weighted by atomic mass is 9.62. The van der Waals surface area contributed by atoms with E-state index in [0.717, 1.165) is 0 Å². The summed E-state index contributed by atoms with van der Waals surface area (Å²) in [6.45, 7) is 4.94. The van der Waals surface area contributed by atoms with Gasteiger partial charge in [0.2, 0.25) is 0 Å². The molecule has 1 aliphatic carbocycles. The maximum atomic E-state index is 12.7. The lowest BCUT2D eigenvalue weighted by Gasteiger charge is -2.43. The van der Waals surface area contributed by atoms with Crippen LogP contribution in [-0.2, 0) is 23.9 Å². The molecule has 0 heterocycles. The Hall–Kier alpha value is -1.92. The summed E-state index contributed by atoms with van der Waals surface area (Å²) in [4.78, 5) is 37.8. The van der Waals surface area contributed by atoms with Crippen molar-refractivity contribution in [2.75, 3.05) is 13.2 Å². The number of aliphatic hydroxyl groups is 1. The first-order chi connectivity index (χ1) is 12.2. The van der Waals surface area contributed by atoms with Crippen molar-refractivity contribution < 1.29 is 29.0 Å². The van der Waals surface area contributed by atoms with Crippen LogP contribution < -0.4 is 0 Å². The van der Waals surface area contributed by atoms with E-state index in [-0.39, 0.29) is 19.6 Å². The zero-order chi connectivity index (χ0) is 19.5. The molecule has 26 heavy (non-hydrogen) atoms. The summed E-state index contributed by atoms with van der Waals surface area (Å²) in [6, 6.07) is 6.49. The van der Waals surface area contributed by atoms with Crippen molar-refractivity contribution in [3.05, 3.63) is 34.9 Å². The van der Waals surface area contributed by atoms with Gasteiger partial charge < -0.3 is 14.6 Å². The van der Waals surface area contributed by atoms with Crippen LogP contribution in [0.15, 0.2) is 24.3 Å². The van der Waals surface area contributed by atoms with E-state index in [9.17, 15) is 19.5 Å². The van der Waals surface area contributed by atoms with Gasteiger partial charge in [0.1, 0.15) is 5.92 Å². The third-order valence-electron chi connectivity index (χ3n) is 4.60. The first-order valence-electron chi connectivity index (χ1n) is 8.56. The van der Waals surface area contributed by atoms with Crippen molar-refractivity contribution in [2.24, 2.45) is 11.8 Å². The van der Waals surface area contributed by atoms with Crippen molar-refractivity contribution in [1.29, 1.82) is 0 Å². The molecule has 1 aliphatic rings. The van der Waals surface area contributed by atoms with Gasteiger partial charge >= 0.3 is 11.9 Å². The molecule has 0 amide bonds. The van der Waals surface area contributed by atoms with E-state index in [1.54, 1.807) is 38.1 Å². The second-order valence-corrected chi connectivity index (χ2v) is 6.97. The Morgan fingerprint density at radius 1 is 1.15 bits per heavy atom. The van der Waals surface area contributed by atoms with Crippen molar-refractivity contribution in [3.8, 4) is 0 Å². The number of rotatable bonds is 5. The van der Waals surface area contributed by atoms with E-state index in [1.807, 2.05) is 0 Å². The molecule has 142 valence electrons. The zero-order valence-corrected chi connectivity index (χ0v) is 15.8. The van der Waals surface area contributed by atoms with Crippen LogP contribution in [-0.4, -0.2) is 41.6 Å². The Bertz CT molecular complexity index is 682. The molecule has 1 aromatic carbocycles. The Morgan fingerprint density at radius 2 is 1.69 bits per heavy atom. The highest BCUT2D eigenvalue weighted by Gasteiger charge is 2.57. The number of halogens is 1. The Kier molecular flexibility index (Phi) is 6.42. The van der Waals surface area contributed by atoms with Gasteiger partial charge in [0, 0.05) is 17.4 Å². The van der Waals surface area contributed by atoms with Gasteiger partial charge in [-0.2, -0.15) is 0 Å². The smallest absolute Gasteiger partial charge is 0.317 e. The molecule has 0 spiro atoms. The summed E-state index contributed by atoms with van der Waals surface area (Å²) in [5.74, 6) is -5.00. The summed E-state index contributed by atoms with van der Waals surface area (Å²) < 4.78 is 10.2. The van der Waals surface area contributed by atoms with Crippen LogP contribution in [0.4, 0.5) is 0 Å². The third kappa shape index (κ3) is 4.07. The minimum absolute atomic E-state index is 0.108. The largest absolute Gasteiger partial charge is 0.466 e. The molecule has 0 bridgehead atoms. The molecule has 1 aromatic rings. The van der Waals surface area contributed by atoms with Crippen molar-refractivity contribution in [1.82, 2.24) is 0 Å². The molecule has 1 fully saturated rings. The van der Waals surface area contributed by atoms with Gasteiger partial charge in [0.25, 0.3) is 0 Å². The highest BCUT2D eigenvalue weighted by Crippen LogP contribution is 2.46. The molecule has 0 saturated heterocycles. The summed E-state index contributed by atoms with van der Waals surface area (Å²) >= 11 is 5.93. The van der Waals surface area contributed by atoms with E-state index >= 15 is 0 Å². The number of esters is 2. The summed E-state index contributed by atoms with van der Waals surface area (Å²) in [7, 11) is 0. The van der Waals surface area contributed by atoms with Crippen LogP contribution in [0.1, 0.15) is 38.7 Å². The highest BCUT2D eigenvalue weighted by atomic mass is 35.5. The predicted octanol–water partition coefficient (Wildman–Crippen LogP) is 2.51. The minimum atomic E-state index is -1.64. The molecular formula is C19H23ClO6. The summed E-state index contributed by atoms with van der Waals surface area (Å²) in [5.41, 5.74) is -1.10. The van der Waals surface area contributed by atoms with Gasteiger partial charge in [0.05, 0.1) is 24.7 Å². The standard InChI is InChI=1S/C19H23ClO6/c1-4-25-17(22)15-13(21)10-19(3,24)16(18(23)26-5-2)14(15)11-6-8-12(20)9-7-11/h6-9,14-16,24H,4-5,10H2,1-3H3/t14-,15-,16+,19+/m1/s1. The van der Waals surface area contributed by atoms with Crippen LogP contribution in [0.3, 0.4) is 0 Å². The third-order valence-corrected chi connectivity index (χ3v) is 4.86. The summed E-state index contributed by atoms with van der Waals surface area (Å²) in [5, 5.41) is 11.3. The Labute approximate surface area is 157 Å². The van der Waals surface area contributed by atoms with Crippen molar-refractivity contribution in [2.45, 2.75) is 38.7 Å². The molecule has 0 unspecified atom stereocenters. The quantitative estimate of drug-likeness (QED) is 0.621. The number of carbonyl (C=O) groups excluding carboxylic acids is 3. The molecule has 4 atom stereocenters. The van der Waals surface area contributed by atoms with E-state index in [2.05, 4.69) is 0 Å². The molecule has 2 rings (SSSR count). The topological polar surface area (TPSA) is 89.9 Å². The van der Waals surface area contributed by atoms with Gasteiger partial charge in [-0.25, -0.2) is 0 Å². The summed E-state index contributed by atoms with van der Waals surface area (Å²) in [6.07, 6.45) is -0.329. The molecule has 7 heteroatoms. The average molecular weight is 383 g/mol. The maximum Gasteiger partial charge on any atom is 0.317 e.